The van der Waals surface area contributed by atoms with Gasteiger partial charge >= 0.3 is 6.03 Å². The number of anilines is 1. The highest BCUT2D eigenvalue weighted by molar-refractivity contribution is 9.10. The smallest absolute Gasteiger partial charge is 0.321 e. The molecule has 0 unspecified atom stereocenters. The van der Waals surface area contributed by atoms with Crippen molar-refractivity contribution in [2.45, 2.75) is 6.54 Å². The normalized spacial score (nSPS) is 9.91. The fourth-order valence-electron chi connectivity index (χ4n) is 1.89. The second-order valence-corrected chi connectivity index (χ2v) is 5.58. The first-order chi connectivity index (χ1) is 10.5. The first kappa shape index (κ1) is 16.0. The number of halogens is 2. The van der Waals surface area contributed by atoms with Gasteiger partial charge in [-0.15, -0.1) is 0 Å². The van der Waals surface area contributed by atoms with Crippen molar-refractivity contribution >= 4 is 27.6 Å². The van der Waals surface area contributed by atoms with E-state index in [1.165, 1.54) is 23.1 Å². The molecule has 0 aromatic heterocycles. The number of nitrogens with zero attached hydrogens (tertiary/aromatic N) is 2. The second-order valence-electron chi connectivity index (χ2n) is 4.72. The van der Waals surface area contributed by atoms with E-state index in [-0.39, 0.29) is 11.8 Å². The Bertz CT molecular complexity index is 742. The van der Waals surface area contributed by atoms with E-state index in [4.69, 9.17) is 5.26 Å². The maximum Gasteiger partial charge on any atom is 0.321 e. The fourth-order valence-corrected chi connectivity index (χ4v) is 2.34. The molecule has 0 atom stereocenters. The molecule has 112 valence electrons. The molecule has 0 heterocycles. The van der Waals surface area contributed by atoms with Crippen molar-refractivity contribution in [2.75, 3.05) is 12.4 Å². The molecule has 2 amide bonds. The van der Waals surface area contributed by atoms with Gasteiger partial charge in [-0.25, -0.2) is 9.18 Å². The average molecular weight is 362 g/mol. The predicted octanol–water partition coefficient (Wildman–Crippen LogP) is 4.12. The Hall–Kier alpha value is -2.39. The highest BCUT2D eigenvalue weighted by Crippen LogP contribution is 2.23. The van der Waals surface area contributed by atoms with Crippen LogP contribution in [0.5, 0.6) is 0 Å². The van der Waals surface area contributed by atoms with Gasteiger partial charge in [0.15, 0.2) is 0 Å². The van der Waals surface area contributed by atoms with E-state index in [0.717, 1.165) is 5.56 Å². The summed E-state index contributed by atoms with van der Waals surface area (Å²) in [6.07, 6.45) is 0. The van der Waals surface area contributed by atoms with Gasteiger partial charge < -0.3 is 10.2 Å². The molecule has 1 N–H and O–H groups in total. The van der Waals surface area contributed by atoms with E-state index in [1.807, 2.05) is 6.07 Å². The minimum absolute atomic E-state index is 0.324. The highest BCUT2D eigenvalue weighted by Gasteiger charge is 2.11. The van der Waals surface area contributed by atoms with Crippen molar-refractivity contribution in [3.05, 3.63) is 63.9 Å². The number of rotatable bonds is 3. The molecule has 0 saturated carbocycles. The Morgan fingerprint density at radius 3 is 2.82 bits per heavy atom. The van der Waals surface area contributed by atoms with Crippen molar-refractivity contribution in [2.24, 2.45) is 0 Å². The van der Waals surface area contributed by atoms with E-state index in [2.05, 4.69) is 27.3 Å². The molecule has 22 heavy (non-hydrogen) atoms. The maximum absolute atomic E-state index is 13.0. The zero-order valence-corrected chi connectivity index (χ0v) is 13.4. The molecular formula is C16H13BrFN3O. The molecule has 0 bridgehead atoms. The van der Waals surface area contributed by atoms with E-state index in [0.29, 0.717) is 22.3 Å². The van der Waals surface area contributed by atoms with E-state index in [1.54, 1.807) is 25.2 Å². The Labute approximate surface area is 136 Å². The van der Waals surface area contributed by atoms with E-state index >= 15 is 0 Å². The van der Waals surface area contributed by atoms with Gasteiger partial charge in [0.2, 0.25) is 0 Å². The topological polar surface area (TPSA) is 56.1 Å². The summed E-state index contributed by atoms with van der Waals surface area (Å²) >= 11 is 3.20. The molecule has 0 radical (unpaired) electrons. The van der Waals surface area contributed by atoms with Crippen molar-refractivity contribution < 1.29 is 9.18 Å². The lowest BCUT2D eigenvalue weighted by atomic mass is 10.1. The van der Waals surface area contributed by atoms with Crippen molar-refractivity contribution in [3.63, 3.8) is 0 Å². The lowest BCUT2D eigenvalue weighted by molar-refractivity contribution is 0.220. The molecule has 0 saturated heterocycles. The number of nitriles is 1. The van der Waals surface area contributed by atoms with Gasteiger partial charge in [-0.2, -0.15) is 5.26 Å². The molecule has 2 aromatic rings. The zero-order chi connectivity index (χ0) is 16.1. The lowest BCUT2D eigenvalue weighted by Crippen LogP contribution is -2.31. The van der Waals surface area contributed by atoms with Gasteiger partial charge in [-0.3, -0.25) is 0 Å². The summed E-state index contributed by atoms with van der Waals surface area (Å²) in [5.41, 5.74) is 1.89. The van der Waals surface area contributed by atoms with Gasteiger partial charge in [0.25, 0.3) is 0 Å². The van der Waals surface area contributed by atoms with Gasteiger partial charge in [0, 0.05) is 18.1 Å². The largest absolute Gasteiger partial charge is 0.323 e. The second kappa shape index (κ2) is 7.05. The van der Waals surface area contributed by atoms with Gasteiger partial charge in [0.1, 0.15) is 5.82 Å². The molecular weight excluding hydrogens is 349 g/mol. The summed E-state index contributed by atoms with van der Waals surface area (Å²) in [6, 6.07) is 12.8. The van der Waals surface area contributed by atoms with Crippen LogP contribution in [-0.4, -0.2) is 18.0 Å². The van der Waals surface area contributed by atoms with E-state index in [9.17, 15) is 9.18 Å². The molecule has 0 aliphatic rings. The van der Waals surface area contributed by atoms with Crippen LogP contribution in [0.3, 0.4) is 0 Å². The van der Waals surface area contributed by atoms with Crippen LogP contribution in [0.4, 0.5) is 14.9 Å². The van der Waals surface area contributed by atoms with Crippen molar-refractivity contribution in [1.29, 1.82) is 5.26 Å². The van der Waals surface area contributed by atoms with Gasteiger partial charge in [0.05, 0.1) is 17.3 Å². The molecule has 2 aromatic carbocycles. The summed E-state index contributed by atoms with van der Waals surface area (Å²) < 4.78 is 13.5. The van der Waals surface area contributed by atoms with Crippen molar-refractivity contribution in [1.82, 2.24) is 4.90 Å². The SMILES string of the molecule is CN(Cc1cccc(C#N)c1)C(=O)Nc1ccc(F)cc1Br. The fraction of sp³-hybridized carbons (Fsp3) is 0.125. The number of benzene rings is 2. The summed E-state index contributed by atoms with van der Waals surface area (Å²) in [5, 5.41) is 11.6. The number of amides is 2. The molecule has 0 aliphatic carbocycles. The van der Waals surface area contributed by atoms with Crippen molar-refractivity contribution in [3.8, 4) is 6.07 Å². The van der Waals surface area contributed by atoms with Crippen LogP contribution in [0.25, 0.3) is 0 Å². The van der Waals surface area contributed by atoms with Crippen LogP contribution in [0.15, 0.2) is 46.9 Å². The summed E-state index contributed by atoms with van der Waals surface area (Å²) in [6.45, 7) is 0.361. The molecule has 0 spiro atoms. The predicted molar refractivity (Wildman–Crippen MR) is 85.7 cm³/mol. The third kappa shape index (κ3) is 4.06. The number of carbonyl (C=O) groups excluding carboxylic acids is 1. The monoisotopic (exact) mass is 361 g/mol. The highest BCUT2D eigenvalue weighted by atomic mass is 79.9. The molecule has 4 nitrogen and oxygen atoms in total. The third-order valence-electron chi connectivity index (χ3n) is 3.00. The number of nitrogens with one attached hydrogen (secondary N) is 1. The Kier molecular flexibility index (Phi) is 5.12. The Morgan fingerprint density at radius 1 is 1.36 bits per heavy atom. The number of urea groups is 1. The lowest BCUT2D eigenvalue weighted by Gasteiger charge is -2.18. The molecule has 0 fully saturated rings. The summed E-state index contributed by atoms with van der Waals surface area (Å²) in [4.78, 5) is 13.6. The Morgan fingerprint density at radius 2 is 2.14 bits per heavy atom. The minimum atomic E-state index is -0.383. The molecule has 2 rings (SSSR count). The van der Waals surface area contributed by atoms with Crippen LogP contribution in [0.2, 0.25) is 0 Å². The van der Waals surface area contributed by atoms with Crippen LogP contribution >= 0.6 is 15.9 Å². The van der Waals surface area contributed by atoms with Crippen LogP contribution in [-0.2, 0) is 6.54 Å². The first-order valence-electron chi connectivity index (χ1n) is 6.46. The summed E-state index contributed by atoms with van der Waals surface area (Å²) in [5.74, 6) is -0.383. The van der Waals surface area contributed by atoms with E-state index < -0.39 is 0 Å². The van der Waals surface area contributed by atoms with Crippen LogP contribution in [0, 0.1) is 17.1 Å². The zero-order valence-electron chi connectivity index (χ0n) is 11.8. The molecule has 6 heteroatoms. The van der Waals surface area contributed by atoms with Gasteiger partial charge in [-0.05, 0) is 51.8 Å². The summed E-state index contributed by atoms with van der Waals surface area (Å²) in [7, 11) is 1.64. The number of hydrogen-bond acceptors (Lipinski definition) is 2. The minimum Gasteiger partial charge on any atom is -0.323 e. The third-order valence-corrected chi connectivity index (χ3v) is 3.65. The number of hydrogen-bond donors (Lipinski definition) is 1. The Balaban J connectivity index is 2.04. The maximum atomic E-state index is 13.0. The first-order valence-corrected chi connectivity index (χ1v) is 7.25. The van der Waals surface area contributed by atoms with Crippen LogP contribution < -0.4 is 5.32 Å². The standard InChI is InChI=1S/C16H13BrFN3O/c1-21(10-12-4-2-3-11(7-12)9-19)16(22)20-15-6-5-13(18)8-14(15)17/h2-8H,10H2,1H3,(H,20,22). The quantitative estimate of drug-likeness (QED) is 0.893. The molecule has 0 aliphatic heterocycles. The average Bonchev–Trinajstić information content (AvgIpc) is 2.50. The van der Waals surface area contributed by atoms with Crippen LogP contribution in [0.1, 0.15) is 11.1 Å². The number of carbonyl (C=O) groups is 1. The van der Waals surface area contributed by atoms with Gasteiger partial charge in [-0.1, -0.05) is 12.1 Å².